The third-order valence-electron chi connectivity index (χ3n) is 6.20. The third-order valence-corrected chi connectivity index (χ3v) is 7.19. The van der Waals surface area contributed by atoms with E-state index in [9.17, 15) is 19.7 Å². The van der Waals surface area contributed by atoms with Crippen LogP contribution in [0.3, 0.4) is 0 Å². The molecule has 1 N–H and O–H groups in total. The van der Waals surface area contributed by atoms with Crippen LogP contribution in [0.25, 0.3) is 0 Å². The van der Waals surface area contributed by atoms with Gasteiger partial charge in [0.2, 0.25) is 11.8 Å². The average Bonchev–Trinajstić information content (AvgIpc) is 2.91. The fourth-order valence-corrected chi connectivity index (χ4v) is 4.87. The summed E-state index contributed by atoms with van der Waals surface area (Å²) in [4.78, 5) is 39.4. The molecular weight excluding hydrogens is 498 g/mol. The van der Waals surface area contributed by atoms with Crippen LogP contribution in [0.5, 0.6) is 0 Å². The standard InChI is InChI=1S/C30H35N3O4S/c1-22(2)18-31-30(35)28(17-24-10-5-4-6-11-24)32(19-26-12-8-7-9-23(26)3)29(34)21-38-20-25-13-15-27(16-14-25)33(36)37/h4-16,22,28H,17-21H2,1-3H3,(H,31,35)/t28-/m0/s1. The molecule has 200 valence electrons. The normalized spacial score (nSPS) is 11.7. The van der Waals surface area contributed by atoms with Crippen LogP contribution in [0.4, 0.5) is 5.69 Å². The monoisotopic (exact) mass is 533 g/mol. The quantitative estimate of drug-likeness (QED) is 0.230. The molecule has 2 amide bonds. The number of hydrogen-bond acceptors (Lipinski definition) is 5. The second-order valence-corrected chi connectivity index (χ2v) is 10.7. The smallest absolute Gasteiger partial charge is 0.269 e. The lowest BCUT2D eigenvalue weighted by Gasteiger charge is -2.32. The van der Waals surface area contributed by atoms with Crippen molar-refractivity contribution in [3.63, 3.8) is 0 Å². The summed E-state index contributed by atoms with van der Waals surface area (Å²) in [5.41, 5.74) is 3.98. The molecule has 0 aliphatic carbocycles. The van der Waals surface area contributed by atoms with Crippen LogP contribution < -0.4 is 5.32 Å². The number of carbonyl (C=O) groups is 2. The number of nitro groups is 1. The van der Waals surface area contributed by atoms with Crippen molar-refractivity contribution in [1.29, 1.82) is 0 Å². The van der Waals surface area contributed by atoms with Crippen molar-refractivity contribution in [3.8, 4) is 0 Å². The highest BCUT2D eigenvalue weighted by atomic mass is 32.2. The Morgan fingerprint density at radius 1 is 0.947 bits per heavy atom. The fourth-order valence-electron chi connectivity index (χ4n) is 4.00. The van der Waals surface area contributed by atoms with Gasteiger partial charge in [0, 0.05) is 37.4 Å². The molecule has 0 heterocycles. The number of rotatable bonds is 13. The van der Waals surface area contributed by atoms with Crippen molar-refractivity contribution in [2.24, 2.45) is 5.92 Å². The number of nitrogens with one attached hydrogen (secondary N) is 1. The first kappa shape index (κ1) is 28.9. The molecule has 0 saturated heterocycles. The lowest BCUT2D eigenvalue weighted by atomic mass is 10.0. The highest BCUT2D eigenvalue weighted by Crippen LogP contribution is 2.21. The van der Waals surface area contributed by atoms with Crippen LogP contribution in [-0.4, -0.2) is 40.0 Å². The topological polar surface area (TPSA) is 92.6 Å². The summed E-state index contributed by atoms with van der Waals surface area (Å²) in [5.74, 6) is 0.718. The van der Waals surface area contributed by atoms with Crippen LogP contribution in [0.15, 0.2) is 78.9 Å². The molecule has 0 radical (unpaired) electrons. The Hall–Kier alpha value is -3.65. The highest BCUT2D eigenvalue weighted by molar-refractivity contribution is 7.99. The zero-order valence-corrected chi connectivity index (χ0v) is 22.9. The summed E-state index contributed by atoms with van der Waals surface area (Å²) in [6.07, 6.45) is 0.412. The van der Waals surface area contributed by atoms with E-state index >= 15 is 0 Å². The molecule has 7 nitrogen and oxygen atoms in total. The van der Waals surface area contributed by atoms with Gasteiger partial charge in [0.05, 0.1) is 10.7 Å². The SMILES string of the molecule is Cc1ccccc1CN(C(=O)CSCc1ccc([N+](=O)[O-])cc1)[C@@H](Cc1ccccc1)C(=O)NCC(C)C. The minimum Gasteiger partial charge on any atom is -0.354 e. The summed E-state index contributed by atoms with van der Waals surface area (Å²) >= 11 is 1.43. The van der Waals surface area contributed by atoms with E-state index in [1.807, 2.05) is 75.4 Å². The minimum atomic E-state index is -0.664. The van der Waals surface area contributed by atoms with Crippen LogP contribution in [-0.2, 0) is 28.3 Å². The van der Waals surface area contributed by atoms with Crippen molar-refractivity contribution in [2.75, 3.05) is 12.3 Å². The van der Waals surface area contributed by atoms with E-state index < -0.39 is 11.0 Å². The Morgan fingerprint density at radius 3 is 2.24 bits per heavy atom. The van der Waals surface area contributed by atoms with Gasteiger partial charge >= 0.3 is 0 Å². The van der Waals surface area contributed by atoms with Crippen LogP contribution in [0, 0.1) is 23.0 Å². The molecule has 8 heteroatoms. The number of hydrogen-bond donors (Lipinski definition) is 1. The van der Waals surface area contributed by atoms with E-state index in [1.54, 1.807) is 17.0 Å². The Morgan fingerprint density at radius 2 is 1.61 bits per heavy atom. The van der Waals surface area contributed by atoms with E-state index in [2.05, 4.69) is 5.32 Å². The second kappa shape index (κ2) is 14.3. The number of thioether (sulfide) groups is 1. The Kier molecular flexibility index (Phi) is 10.9. The lowest BCUT2D eigenvalue weighted by molar-refractivity contribution is -0.384. The summed E-state index contributed by atoms with van der Waals surface area (Å²) in [6.45, 7) is 6.95. The zero-order chi connectivity index (χ0) is 27.5. The Bertz CT molecular complexity index is 1220. The molecule has 0 aliphatic heterocycles. The number of nitro benzene ring substituents is 1. The van der Waals surface area contributed by atoms with Crippen molar-refractivity contribution >= 4 is 29.3 Å². The lowest BCUT2D eigenvalue weighted by Crippen LogP contribution is -2.51. The molecule has 3 aromatic rings. The van der Waals surface area contributed by atoms with Gasteiger partial charge in [0.25, 0.3) is 5.69 Å². The molecule has 0 aliphatic rings. The van der Waals surface area contributed by atoms with Crippen LogP contribution >= 0.6 is 11.8 Å². The molecule has 3 rings (SSSR count). The van der Waals surface area contributed by atoms with Crippen molar-refractivity contribution in [1.82, 2.24) is 10.2 Å². The molecule has 0 fully saturated rings. The molecule has 3 aromatic carbocycles. The van der Waals surface area contributed by atoms with Crippen molar-refractivity contribution in [3.05, 3.63) is 111 Å². The Labute approximate surface area is 228 Å². The largest absolute Gasteiger partial charge is 0.354 e. The van der Waals surface area contributed by atoms with Gasteiger partial charge in [-0.1, -0.05) is 80.6 Å². The van der Waals surface area contributed by atoms with Crippen LogP contribution in [0.2, 0.25) is 0 Å². The predicted molar refractivity (Wildman–Crippen MR) is 153 cm³/mol. The van der Waals surface area contributed by atoms with Gasteiger partial charge in [-0.05, 0) is 35.1 Å². The minimum absolute atomic E-state index is 0.0374. The summed E-state index contributed by atoms with van der Waals surface area (Å²) < 4.78 is 0. The van der Waals surface area contributed by atoms with E-state index in [0.29, 0.717) is 25.3 Å². The number of amides is 2. The van der Waals surface area contributed by atoms with Gasteiger partial charge in [-0.3, -0.25) is 19.7 Å². The molecule has 0 spiro atoms. The maximum Gasteiger partial charge on any atom is 0.269 e. The summed E-state index contributed by atoms with van der Waals surface area (Å²) in [6, 6.07) is 23.3. The number of carbonyl (C=O) groups excluding carboxylic acids is 2. The average molecular weight is 534 g/mol. The second-order valence-electron chi connectivity index (χ2n) is 9.71. The zero-order valence-electron chi connectivity index (χ0n) is 22.1. The molecular formula is C30H35N3O4S. The van der Waals surface area contributed by atoms with E-state index in [-0.39, 0.29) is 29.2 Å². The maximum atomic E-state index is 13.7. The number of aryl methyl sites for hydroxylation is 1. The van der Waals surface area contributed by atoms with E-state index in [0.717, 1.165) is 22.3 Å². The number of non-ortho nitro benzene ring substituents is 1. The predicted octanol–water partition coefficient (Wildman–Crippen LogP) is 5.55. The Balaban J connectivity index is 1.82. The summed E-state index contributed by atoms with van der Waals surface area (Å²) in [5, 5.41) is 14.0. The van der Waals surface area contributed by atoms with Gasteiger partial charge in [-0.25, -0.2) is 0 Å². The van der Waals surface area contributed by atoms with E-state index in [1.165, 1.54) is 23.9 Å². The first-order chi connectivity index (χ1) is 18.2. The highest BCUT2D eigenvalue weighted by Gasteiger charge is 2.30. The van der Waals surface area contributed by atoms with Crippen LogP contribution in [0.1, 0.15) is 36.1 Å². The van der Waals surface area contributed by atoms with Gasteiger partial charge in [-0.15, -0.1) is 11.8 Å². The van der Waals surface area contributed by atoms with Gasteiger partial charge in [-0.2, -0.15) is 0 Å². The maximum absolute atomic E-state index is 13.7. The molecule has 1 atom stereocenters. The first-order valence-corrected chi connectivity index (χ1v) is 13.9. The molecule has 0 saturated carbocycles. The van der Waals surface area contributed by atoms with Crippen molar-refractivity contribution < 1.29 is 14.5 Å². The molecule has 0 unspecified atom stereocenters. The first-order valence-electron chi connectivity index (χ1n) is 12.7. The summed E-state index contributed by atoms with van der Waals surface area (Å²) in [7, 11) is 0. The van der Waals surface area contributed by atoms with Gasteiger partial charge < -0.3 is 10.2 Å². The van der Waals surface area contributed by atoms with E-state index in [4.69, 9.17) is 0 Å². The third kappa shape index (κ3) is 8.73. The fraction of sp³-hybridized carbons (Fsp3) is 0.333. The van der Waals surface area contributed by atoms with Crippen molar-refractivity contribution in [2.45, 2.75) is 45.5 Å². The molecule has 0 aromatic heterocycles. The van der Waals surface area contributed by atoms with Gasteiger partial charge in [0.15, 0.2) is 0 Å². The number of nitrogens with zero attached hydrogens (tertiary/aromatic N) is 2. The number of benzene rings is 3. The molecule has 0 bridgehead atoms. The van der Waals surface area contributed by atoms with Gasteiger partial charge in [0.1, 0.15) is 6.04 Å². The molecule has 38 heavy (non-hydrogen) atoms.